The van der Waals surface area contributed by atoms with Crippen LogP contribution in [0.25, 0.3) is 10.9 Å². The predicted octanol–water partition coefficient (Wildman–Crippen LogP) is 4.62. The zero-order chi connectivity index (χ0) is 27.3. The Kier molecular flexibility index (Phi) is 11.5. The Morgan fingerprint density at radius 2 is 1.81 bits per heavy atom. The lowest BCUT2D eigenvalue weighted by atomic mass is 9.95. The molecule has 232 valence electrons. The summed E-state index contributed by atoms with van der Waals surface area (Å²) < 4.78 is 40.7. The summed E-state index contributed by atoms with van der Waals surface area (Å²) in [4.78, 5) is 25.1. The molecule has 0 saturated carbocycles. The lowest BCUT2D eigenvalue weighted by molar-refractivity contribution is -0.141. The van der Waals surface area contributed by atoms with Gasteiger partial charge in [-0.05, 0) is 42.3 Å². The van der Waals surface area contributed by atoms with Crippen LogP contribution in [0.2, 0.25) is 10.0 Å². The van der Waals surface area contributed by atoms with E-state index in [1.807, 2.05) is 23.1 Å². The van der Waals surface area contributed by atoms with Gasteiger partial charge >= 0.3 is 6.18 Å². The van der Waals surface area contributed by atoms with Crippen LogP contribution in [-0.4, -0.2) is 78.7 Å². The van der Waals surface area contributed by atoms with Gasteiger partial charge in [-0.25, -0.2) is 4.98 Å². The second-order valence-corrected chi connectivity index (χ2v) is 11.0. The summed E-state index contributed by atoms with van der Waals surface area (Å²) >= 11 is 12.1. The SMILES string of the molecule is Cl.Cl.Cl.O=C(C1CNCCN1c1ccc(Cl)c(C(F)(F)F)n1)N1CCc2c([nH]c3ccc(Cl)cc23)C1CNC1CNC1. The van der Waals surface area contributed by atoms with E-state index >= 15 is 0 Å². The molecule has 3 aliphatic heterocycles. The third-order valence-electron chi connectivity index (χ3n) is 7.80. The smallest absolute Gasteiger partial charge is 0.356 e. The maximum atomic E-state index is 14.2. The molecular formula is C26H31Cl5F3N7O. The third kappa shape index (κ3) is 6.68. The fourth-order valence-corrected chi connectivity index (χ4v) is 6.09. The molecule has 4 N–H and O–H groups in total. The molecule has 8 nitrogen and oxygen atoms in total. The van der Waals surface area contributed by atoms with Crippen LogP contribution < -0.4 is 20.9 Å². The number of aromatic amines is 1. The van der Waals surface area contributed by atoms with E-state index in [-0.39, 0.29) is 55.0 Å². The highest BCUT2D eigenvalue weighted by Crippen LogP contribution is 2.38. The molecule has 1 amide bonds. The van der Waals surface area contributed by atoms with Crippen LogP contribution in [0.5, 0.6) is 0 Å². The van der Waals surface area contributed by atoms with Gasteiger partial charge < -0.3 is 30.7 Å². The van der Waals surface area contributed by atoms with Crippen molar-refractivity contribution < 1.29 is 18.0 Å². The summed E-state index contributed by atoms with van der Waals surface area (Å²) in [6.45, 7) is 3.89. The molecule has 5 heterocycles. The Bertz CT molecular complexity index is 1400. The number of carbonyl (C=O) groups is 1. The number of amides is 1. The zero-order valence-corrected chi connectivity index (χ0v) is 26.1. The minimum absolute atomic E-state index is 0. The number of halogens is 8. The fourth-order valence-electron chi connectivity index (χ4n) is 5.71. The van der Waals surface area contributed by atoms with Gasteiger partial charge in [-0.1, -0.05) is 23.2 Å². The van der Waals surface area contributed by atoms with Crippen molar-refractivity contribution in [2.24, 2.45) is 0 Å². The van der Waals surface area contributed by atoms with E-state index in [4.69, 9.17) is 23.2 Å². The topological polar surface area (TPSA) is 88.3 Å². The fraction of sp³-hybridized carbons (Fsp3) is 0.462. The van der Waals surface area contributed by atoms with Gasteiger partial charge in [0.2, 0.25) is 5.91 Å². The van der Waals surface area contributed by atoms with E-state index < -0.39 is 22.9 Å². The second kappa shape index (κ2) is 13.9. The molecule has 3 aliphatic rings. The van der Waals surface area contributed by atoms with Crippen molar-refractivity contribution in [2.45, 2.75) is 30.7 Å². The van der Waals surface area contributed by atoms with E-state index in [1.165, 1.54) is 12.1 Å². The highest BCUT2D eigenvalue weighted by molar-refractivity contribution is 6.31. The molecule has 0 aliphatic carbocycles. The molecular weight excluding hydrogens is 661 g/mol. The van der Waals surface area contributed by atoms with Crippen LogP contribution >= 0.6 is 60.4 Å². The number of H-pyrrole nitrogens is 1. The molecule has 2 fully saturated rings. The Morgan fingerprint density at radius 1 is 1.05 bits per heavy atom. The number of benzene rings is 1. The molecule has 0 bridgehead atoms. The lowest BCUT2D eigenvalue weighted by Crippen LogP contribution is -2.61. The quantitative estimate of drug-likeness (QED) is 0.313. The third-order valence-corrected chi connectivity index (χ3v) is 8.34. The van der Waals surface area contributed by atoms with E-state index in [1.54, 1.807) is 4.90 Å². The van der Waals surface area contributed by atoms with Crippen molar-refractivity contribution in [1.29, 1.82) is 0 Å². The number of hydrogen-bond donors (Lipinski definition) is 4. The summed E-state index contributed by atoms with van der Waals surface area (Å²) in [5.74, 6) is -0.0758. The zero-order valence-electron chi connectivity index (χ0n) is 22.1. The van der Waals surface area contributed by atoms with Crippen LogP contribution in [0.15, 0.2) is 30.3 Å². The Hall–Kier alpha value is -1.70. The Labute approximate surface area is 269 Å². The van der Waals surface area contributed by atoms with Crippen LogP contribution in [-0.2, 0) is 17.4 Å². The van der Waals surface area contributed by atoms with E-state index in [9.17, 15) is 18.0 Å². The summed E-state index contributed by atoms with van der Waals surface area (Å²) in [7, 11) is 0. The van der Waals surface area contributed by atoms with Crippen LogP contribution in [0.4, 0.5) is 19.0 Å². The molecule has 0 radical (unpaired) electrons. The molecule has 2 aromatic heterocycles. The second-order valence-electron chi connectivity index (χ2n) is 10.2. The van der Waals surface area contributed by atoms with Crippen molar-refractivity contribution in [2.75, 3.05) is 50.7 Å². The summed E-state index contributed by atoms with van der Waals surface area (Å²) in [6.07, 6.45) is -4.06. The highest BCUT2D eigenvalue weighted by Gasteiger charge is 2.41. The number of hydrogen-bond acceptors (Lipinski definition) is 6. The van der Waals surface area contributed by atoms with Gasteiger partial charge in [0.05, 0.1) is 11.1 Å². The minimum Gasteiger partial charge on any atom is -0.356 e. The van der Waals surface area contributed by atoms with Crippen molar-refractivity contribution >= 4 is 83.1 Å². The number of nitrogens with zero attached hydrogens (tertiary/aromatic N) is 3. The number of carbonyl (C=O) groups excluding carboxylic acids is 1. The number of aromatic nitrogens is 2. The Morgan fingerprint density at radius 3 is 2.50 bits per heavy atom. The summed E-state index contributed by atoms with van der Waals surface area (Å²) in [5, 5.41) is 11.3. The maximum Gasteiger partial charge on any atom is 0.434 e. The first-order valence-corrected chi connectivity index (χ1v) is 13.7. The number of anilines is 1. The van der Waals surface area contributed by atoms with Gasteiger partial charge in [0.25, 0.3) is 0 Å². The average molecular weight is 692 g/mol. The van der Waals surface area contributed by atoms with Gasteiger partial charge in [-0.15, -0.1) is 37.2 Å². The van der Waals surface area contributed by atoms with Crippen molar-refractivity contribution in [3.63, 3.8) is 0 Å². The monoisotopic (exact) mass is 689 g/mol. The number of nitrogens with one attached hydrogen (secondary N) is 4. The molecule has 2 atom stereocenters. The minimum atomic E-state index is -4.70. The van der Waals surface area contributed by atoms with E-state index in [0.29, 0.717) is 50.2 Å². The molecule has 6 rings (SSSR count). The van der Waals surface area contributed by atoms with Crippen LogP contribution in [0, 0.1) is 0 Å². The van der Waals surface area contributed by atoms with Crippen molar-refractivity contribution in [3.8, 4) is 0 Å². The van der Waals surface area contributed by atoms with E-state index in [0.717, 1.165) is 35.2 Å². The number of pyridine rings is 1. The molecule has 42 heavy (non-hydrogen) atoms. The largest absolute Gasteiger partial charge is 0.434 e. The van der Waals surface area contributed by atoms with Gasteiger partial charge in [0.15, 0.2) is 5.69 Å². The number of fused-ring (bicyclic) bond motifs is 3. The summed E-state index contributed by atoms with van der Waals surface area (Å²) in [5.41, 5.74) is 1.91. The first-order valence-electron chi connectivity index (χ1n) is 13.0. The number of rotatable bonds is 5. The van der Waals surface area contributed by atoms with Crippen molar-refractivity contribution in [3.05, 3.63) is 57.3 Å². The van der Waals surface area contributed by atoms with Gasteiger partial charge in [0.1, 0.15) is 11.9 Å². The van der Waals surface area contributed by atoms with Gasteiger partial charge in [-0.3, -0.25) is 4.79 Å². The van der Waals surface area contributed by atoms with Crippen LogP contribution in [0.1, 0.15) is 23.0 Å². The molecule has 16 heteroatoms. The van der Waals surface area contributed by atoms with Crippen LogP contribution in [0.3, 0.4) is 0 Å². The van der Waals surface area contributed by atoms with Crippen molar-refractivity contribution in [1.82, 2.24) is 30.8 Å². The molecule has 2 saturated heterocycles. The molecule has 1 aromatic carbocycles. The first kappa shape index (κ1) is 34.8. The first-order chi connectivity index (χ1) is 18.7. The maximum absolute atomic E-state index is 14.2. The van der Waals surface area contributed by atoms with Gasteiger partial charge in [0, 0.05) is 73.5 Å². The van der Waals surface area contributed by atoms with Gasteiger partial charge in [-0.2, -0.15) is 13.2 Å². The number of piperazine rings is 1. The van der Waals surface area contributed by atoms with E-state index in [2.05, 4.69) is 25.9 Å². The highest BCUT2D eigenvalue weighted by atomic mass is 35.5. The summed E-state index contributed by atoms with van der Waals surface area (Å²) in [6, 6.07) is 7.68. The average Bonchev–Trinajstić information content (AvgIpc) is 3.25. The number of alkyl halides is 3. The molecule has 0 spiro atoms. The Balaban J connectivity index is 0.00000161. The molecule has 3 aromatic rings. The predicted molar refractivity (Wildman–Crippen MR) is 166 cm³/mol. The molecule has 2 unspecified atom stereocenters. The standard InChI is InChI=1S/C26H28Cl2F3N7O.3ClH/c27-14-1-3-19-17(9-14)16-5-7-38(20(23(16)35-19)13-34-15-10-33-11-15)25(39)21-12-32-6-8-37(21)22-4-2-18(28)24(36-22)26(29,30)31;;;/h1-4,9,15,20-21,32-35H,5-8,10-13H2;3*1H. The lowest BCUT2D eigenvalue weighted by Gasteiger charge is -2.43. The normalized spacial score (nSPS) is 20.6.